The fraction of sp³-hybridized carbons (Fsp3) is 0.143. The SMILES string of the molecule is ClC(Cl)(Cl)c1ccccc1Br. The molecule has 0 N–H and O–H groups in total. The second-order valence-electron chi connectivity index (χ2n) is 1.98. The lowest BCUT2D eigenvalue weighted by molar-refractivity contribution is 1.22. The van der Waals surface area contributed by atoms with Crippen molar-refractivity contribution < 1.29 is 0 Å². The Balaban J connectivity index is 3.14. The van der Waals surface area contributed by atoms with Crippen LogP contribution in [0.15, 0.2) is 28.7 Å². The zero-order chi connectivity index (χ0) is 8.48. The van der Waals surface area contributed by atoms with E-state index >= 15 is 0 Å². The normalized spacial score (nSPS) is 11.6. The van der Waals surface area contributed by atoms with Crippen LogP contribution in [0.3, 0.4) is 0 Å². The Hall–Kier alpha value is 0.570. The van der Waals surface area contributed by atoms with Crippen molar-refractivity contribution >= 4 is 50.7 Å². The summed E-state index contributed by atoms with van der Waals surface area (Å²) in [6.45, 7) is 0. The zero-order valence-corrected chi connectivity index (χ0v) is 9.18. The van der Waals surface area contributed by atoms with Crippen LogP contribution in [0.1, 0.15) is 5.56 Å². The largest absolute Gasteiger partial charge is 0.217 e. The first-order valence-corrected chi connectivity index (χ1v) is 4.76. The van der Waals surface area contributed by atoms with Gasteiger partial charge in [0.2, 0.25) is 3.79 Å². The lowest BCUT2D eigenvalue weighted by Gasteiger charge is -2.12. The fourth-order valence-corrected chi connectivity index (χ4v) is 2.11. The molecule has 0 unspecified atom stereocenters. The molecule has 0 saturated carbocycles. The monoisotopic (exact) mass is 272 g/mol. The fourth-order valence-electron chi connectivity index (χ4n) is 0.691. The highest BCUT2D eigenvalue weighted by Crippen LogP contribution is 2.41. The smallest absolute Gasteiger partial charge is 0.0784 e. The third-order valence-electron chi connectivity index (χ3n) is 1.18. The summed E-state index contributed by atoms with van der Waals surface area (Å²) < 4.78 is -0.542. The molecule has 0 aromatic heterocycles. The first-order chi connectivity index (χ1) is 5.02. The Labute approximate surface area is 88.6 Å². The molecule has 0 bridgehead atoms. The summed E-state index contributed by atoms with van der Waals surface area (Å²) in [7, 11) is 0. The number of rotatable bonds is 0. The van der Waals surface area contributed by atoms with Crippen molar-refractivity contribution in [3.05, 3.63) is 34.3 Å². The van der Waals surface area contributed by atoms with Crippen molar-refractivity contribution in [1.82, 2.24) is 0 Å². The van der Waals surface area contributed by atoms with E-state index in [2.05, 4.69) is 15.9 Å². The molecular formula is C7H4BrCl3. The summed E-state index contributed by atoms with van der Waals surface area (Å²) >= 11 is 20.3. The van der Waals surface area contributed by atoms with Crippen LogP contribution in [-0.2, 0) is 3.79 Å². The van der Waals surface area contributed by atoms with Gasteiger partial charge in [-0.3, -0.25) is 0 Å². The number of hydrogen-bond acceptors (Lipinski definition) is 0. The van der Waals surface area contributed by atoms with Crippen molar-refractivity contribution in [3.63, 3.8) is 0 Å². The average molecular weight is 274 g/mol. The lowest BCUT2D eigenvalue weighted by atomic mass is 10.2. The molecule has 0 heterocycles. The summed E-state index contributed by atoms with van der Waals surface area (Å²) in [5.41, 5.74) is 0.657. The Morgan fingerprint density at radius 2 is 1.64 bits per heavy atom. The predicted molar refractivity (Wildman–Crippen MR) is 53.4 cm³/mol. The van der Waals surface area contributed by atoms with Gasteiger partial charge in [-0.15, -0.1) is 0 Å². The van der Waals surface area contributed by atoms with Gasteiger partial charge in [0, 0.05) is 10.0 Å². The Kier molecular flexibility index (Phi) is 3.10. The zero-order valence-electron chi connectivity index (χ0n) is 5.32. The maximum absolute atomic E-state index is 5.66. The van der Waals surface area contributed by atoms with Gasteiger partial charge in [-0.2, -0.15) is 0 Å². The van der Waals surface area contributed by atoms with Crippen molar-refractivity contribution in [2.45, 2.75) is 3.79 Å². The van der Waals surface area contributed by atoms with Crippen LogP contribution >= 0.6 is 50.7 Å². The molecule has 0 fully saturated rings. The molecule has 0 aliphatic carbocycles. The second kappa shape index (κ2) is 3.53. The van der Waals surface area contributed by atoms with E-state index in [0.29, 0.717) is 5.56 Å². The molecule has 4 heteroatoms. The quantitative estimate of drug-likeness (QED) is 0.620. The van der Waals surface area contributed by atoms with Gasteiger partial charge in [0.05, 0.1) is 0 Å². The van der Waals surface area contributed by atoms with Gasteiger partial charge in [-0.1, -0.05) is 68.9 Å². The Bertz CT molecular complexity index is 254. The highest BCUT2D eigenvalue weighted by molar-refractivity contribution is 9.10. The third-order valence-corrected chi connectivity index (χ3v) is 2.48. The molecular weight excluding hydrogens is 270 g/mol. The van der Waals surface area contributed by atoms with Gasteiger partial charge in [0.1, 0.15) is 0 Å². The second-order valence-corrected chi connectivity index (χ2v) is 5.11. The van der Waals surface area contributed by atoms with E-state index in [1.165, 1.54) is 0 Å². The van der Waals surface area contributed by atoms with E-state index in [-0.39, 0.29) is 0 Å². The first-order valence-electron chi connectivity index (χ1n) is 2.83. The first kappa shape index (κ1) is 9.66. The maximum atomic E-state index is 5.66. The van der Waals surface area contributed by atoms with Crippen LogP contribution in [-0.4, -0.2) is 0 Å². The Morgan fingerprint density at radius 3 is 2.00 bits per heavy atom. The summed E-state index contributed by atoms with van der Waals surface area (Å²) in [4.78, 5) is 0. The van der Waals surface area contributed by atoms with E-state index in [9.17, 15) is 0 Å². The molecule has 0 saturated heterocycles. The number of alkyl halides is 3. The van der Waals surface area contributed by atoms with Crippen LogP contribution in [0.25, 0.3) is 0 Å². The van der Waals surface area contributed by atoms with Gasteiger partial charge in [0.15, 0.2) is 0 Å². The van der Waals surface area contributed by atoms with E-state index in [0.717, 1.165) is 4.47 Å². The summed E-state index contributed by atoms with van der Waals surface area (Å²) in [5, 5.41) is 0. The molecule has 0 radical (unpaired) electrons. The molecule has 11 heavy (non-hydrogen) atoms. The van der Waals surface area contributed by atoms with Crippen LogP contribution in [0, 0.1) is 0 Å². The van der Waals surface area contributed by atoms with Crippen molar-refractivity contribution in [2.24, 2.45) is 0 Å². The van der Waals surface area contributed by atoms with Crippen LogP contribution < -0.4 is 0 Å². The highest BCUT2D eigenvalue weighted by Gasteiger charge is 2.24. The number of halogens is 4. The molecule has 1 aromatic rings. The molecule has 0 nitrogen and oxygen atoms in total. The van der Waals surface area contributed by atoms with Crippen molar-refractivity contribution in [3.8, 4) is 0 Å². The van der Waals surface area contributed by atoms with Crippen LogP contribution in [0.5, 0.6) is 0 Å². The third kappa shape index (κ3) is 2.51. The van der Waals surface area contributed by atoms with Crippen molar-refractivity contribution in [2.75, 3.05) is 0 Å². The van der Waals surface area contributed by atoms with E-state index in [1.54, 1.807) is 6.07 Å². The predicted octanol–water partition coefficient (Wildman–Crippen LogP) is 4.28. The van der Waals surface area contributed by atoms with Gasteiger partial charge in [-0.05, 0) is 6.07 Å². The standard InChI is InChI=1S/C7H4BrCl3/c8-6-4-2-1-3-5(6)7(9,10)11/h1-4H. The molecule has 1 aromatic carbocycles. The number of benzene rings is 1. The molecule has 0 atom stereocenters. The van der Waals surface area contributed by atoms with E-state index in [1.807, 2.05) is 18.2 Å². The van der Waals surface area contributed by atoms with Crippen molar-refractivity contribution in [1.29, 1.82) is 0 Å². The molecule has 1 rings (SSSR count). The molecule has 0 amide bonds. The molecule has 0 spiro atoms. The Morgan fingerprint density at radius 1 is 1.09 bits per heavy atom. The minimum atomic E-state index is -1.35. The van der Waals surface area contributed by atoms with Gasteiger partial charge < -0.3 is 0 Å². The molecule has 0 aliphatic heterocycles. The molecule has 60 valence electrons. The summed E-state index contributed by atoms with van der Waals surface area (Å²) in [6.07, 6.45) is 0. The number of hydrogen-bond donors (Lipinski definition) is 0. The summed E-state index contributed by atoms with van der Waals surface area (Å²) in [5.74, 6) is 0. The minimum Gasteiger partial charge on any atom is -0.0784 e. The average Bonchev–Trinajstić information content (AvgIpc) is 1.86. The highest BCUT2D eigenvalue weighted by atomic mass is 79.9. The van der Waals surface area contributed by atoms with Crippen LogP contribution in [0.2, 0.25) is 0 Å². The van der Waals surface area contributed by atoms with Gasteiger partial charge in [0.25, 0.3) is 0 Å². The molecule has 0 aliphatic rings. The summed E-state index contributed by atoms with van der Waals surface area (Å²) in [6, 6.07) is 7.28. The van der Waals surface area contributed by atoms with Gasteiger partial charge in [-0.25, -0.2) is 0 Å². The van der Waals surface area contributed by atoms with E-state index < -0.39 is 3.79 Å². The van der Waals surface area contributed by atoms with Crippen LogP contribution in [0.4, 0.5) is 0 Å². The lowest BCUT2D eigenvalue weighted by Crippen LogP contribution is -2.00. The van der Waals surface area contributed by atoms with Gasteiger partial charge >= 0.3 is 0 Å². The maximum Gasteiger partial charge on any atom is 0.217 e. The van der Waals surface area contributed by atoms with E-state index in [4.69, 9.17) is 34.8 Å². The topological polar surface area (TPSA) is 0 Å². The minimum absolute atomic E-state index is 0.657.